The minimum Gasteiger partial charge on any atom is -0.383 e. The van der Waals surface area contributed by atoms with Crippen molar-refractivity contribution in [2.75, 3.05) is 25.5 Å². The number of anilines is 1. The third-order valence-electron chi connectivity index (χ3n) is 3.06. The summed E-state index contributed by atoms with van der Waals surface area (Å²) in [6.07, 6.45) is 0. The summed E-state index contributed by atoms with van der Waals surface area (Å²) in [7, 11) is 2.12. The molecule has 20 heavy (non-hydrogen) atoms. The second-order valence-electron chi connectivity index (χ2n) is 4.91. The van der Waals surface area contributed by atoms with E-state index in [4.69, 9.17) is 0 Å². The van der Waals surface area contributed by atoms with Crippen molar-refractivity contribution in [1.82, 2.24) is 9.88 Å². The Morgan fingerprint density at radius 3 is 2.70 bits per heavy atom. The summed E-state index contributed by atoms with van der Waals surface area (Å²) in [4.78, 5) is 6.79. The number of nitrogens with one attached hydrogen (secondary N) is 1. The largest absolute Gasteiger partial charge is 0.383 e. The van der Waals surface area contributed by atoms with Gasteiger partial charge >= 0.3 is 0 Å². The fraction of sp³-hybridized carbons (Fsp3) is 0.312. The van der Waals surface area contributed by atoms with Crippen molar-refractivity contribution in [2.24, 2.45) is 0 Å². The minimum atomic E-state index is 0.874. The summed E-state index contributed by atoms with van der Waals surface area (Å²) in [5.41, 5.74) is 3.32. The third kappa shape index (κ3) is 4.62. The molecular formula is C16H20BrN3. The molecule has 4 heteroatoms. The average molecular weight is 334 g/mol. The molecule has 0 aliphatic rings. The lowest BCUT2D eigenvalue weighted by Crippen LogP contribution is -2.25. The van der Waals surface area contributed by atoms with E-state index in [9.17, 15) is 0 Å². The Balaban J connectivity index is 1.78. The number of likely N-dealkylation sites (N-methyl/N-ethyl adjacent to an activating group) is 1. The first kappa shape index (κ1) is 15.0. The molecule has 0 bridgehead atoms. The molecule has 1 heterocycles. The second-order valence-corrected chi connectivity index (χ2v) is 5.77. The minimum absolute atomic E-state index is 0.874. The van der Waals surface area contributed by atoms with Gasteiger partial charge in [0.25, 0.3) is 0 Å². The van der Waals surface area contributed by atoms with Gasteiger partial charge in [-0.3, -0.25) is 9.88 Å². The zero-order valence-electron chi connectivity index (χ0n) is 11.9. The molecule has 0 radical (unpaired) electrons. The number of aryl methyl sites for hydroxylation is 1. The maximum absolute atomic E-state index is 4.52. The normalized spacial score (nSPS) is 10.8. The van der Waals surface area contributed by atoms with Gasteiger partial charge in [-0.2, -0.15) is 0 Å². The summed E-state index contributed by atoms with van der Waals surface area (Å²) >= 11 is 3.54. The molecule has 0 saturated heterocycles. The molecule has 1 aromatic heterocycles. The molecule has 0 amide bonds. The van der Waals surface area contributed by atoms with Crippen LogP contribution in [0.25, 0.3) is 0 Å². The lowest BCUT2D eigenvalue weighted by molar-refractivity contribution is 0.335. The number of para-hydroxylation sites is 1. The van der Waals surface area contributed by atoms with Gasteiger partial charge in [0.05, 0.1) is 5.69 Å². The van der Waals surface area contributed by atoms with Crippen LogP contribution in [0.2, 0.25) is 0 Å². The molecule has 2 aromatic rings. The van der Waals surface area contributed by atoms with E-state index in [0.717, 1.165) is 41.2 Å². The summed E-state index contributed by atoms with van der Waals surface area (Å²) in [5.74, 6) is 0. The molecule has 1 aromatic carbocycles. The van der Waals surface area contributed by atoms with Crippen LogP contribution in [-0.4, -0.2) is 30.0 Å². The molecule has 3 nitrogen and oxygen atoms in total. The molecule has 2 rings (SSSR count). The third-order valence-corrected chi connectivity index (χ3v) is 3.75. The number of aromatic nitrogens is 1. The smallest absolute Gasteiger partial charge is 0.0547 e. The molecule has 0 fully saturated rings. The maximum atomic E-state index is 4.52. The van der Waals surface area contributed by atoms with Gasteiger partial charge < -0.3 is 5.32 Å². The number of rotatable bonds is 6. The second kappa shape index (κ2) is 7.41. The van der Waals surface area contributed by atoms with Crippen LogP contribution in [0.15, 0.2) is 46.9 Å². The summed E-state index contributed by atoms with van der Waals surface area (Å²) in [5, 5.41) is 3.43. The van der Waals surface area contributed by atoms with Gasteiger partial charge in [-0.1, -0.05) is 18.2 Å². The van der Waals surface area contributed by atoms with Gasteiger partial charge in [-0.25, -0.2) is 0 Å². The fourth-order valence-corrected chi connectivity index (χ4v) is 2.45. The van der Waals surface area contributed by atoms with Crippen molar-refractivity contribution < 1.29 is 0 Å². The molecule has 0 saturated carbocycles. The molecule has 0 aliphatic heterocycles. The molecule has 1 N–H and O–H groups in total. The van der Waals surface area contributed by atoms with Crippen molar-refractivity contribution in [3.63, 3.8) is 0 Å². The summed E-state index contributed by atoms with van der Waals surface area (Å²) in [6, 6.07) is 14.3. The van der Waals surface area contributed by atoms with Crippen molar-refractivity contribution in [1.29, 1.82) is 0 Å². The van der Waals surface area contributed by atoms with Crippen molar-refractivity contribution in [3.8, 4) is 0 Å². The molecule has 0 aliphatic carbocycles. The van der Waals surface area contributed by atoms with Crippen LogP contribution in [0.4, 0.5) is 5.69 Å². The quantitative estimate of drug-likeness (QED) is 0.873. The van der Waals surface area contributed by atoms with E-state index in [-0.39, 0.29) is 0 Å². The van der Waals surface area contributed by atoms with E-state index < -0.39 is 0 Å². The zero-order valence-corrected chi connectivity index (χ0v) is 13.5. The Morgan fingerprint density at radius 1 is 1.15 bits per heavy atom. The van der Waals surface area contributed by atoms with E-state index in [1.807, 2.05) is 31.2 Å². The van der Waals surface area contributed by atoms with Gasteiger partial charge in [0.2, 0.25) is 0 Å². The van der Waals surface area contributed by atoms with Gasteiger partial charge in [0.15, 0.2) is 0 Å². The van der Waals surface area contributed by atoms with Gasteiger partial charge in [-0.05, 0) is 54.2 Å². The first-order chi connectivity index (χ1) is 9.65. The number of benzene rings is 1. The molecule has 106 valence electrons. The van der Waals surface area contributed by atoms with Gasteiger partial charge in [0, 0.05) is 35.5 Å². The van der Waals surface area contributed by atoms with Crippen molar-refractivity contribution in [3.05, 3.63) is 58.3 Å². The number of nitrogens with zero attached hydrogens (tertiary/aromatic N) is 2. The SMILES string of the molecule is Cc1cccc(CN(C)CCNc2ccccc2Br)n1. The Kier molecular flexibility index (Phi) is 5.56. The molecular weight excluding hydrogens is 314 g/mol. The van der Waals surface area contributed by atoms with Crippen molar-refractivity contribution in [2.45, 2.75) is 13.5 Å². The first-order valence-corrected chi connectivity index (χ1v) is 7.54. The Morgan fingerprint density at radius 2 is 1.95 bits per heavy atom. The van der Waals surface area contributed by atoms with E-state index >= 15 is 0 Å². The van der Waals surface area contributed by atoms with Crippen molar-refractivity contribution >= 4 is 21.6 Å². The van der Waals surface area contributed by atoms with Crippen LogP contribution in [-0.2, 0) is 6.54 Å². The topological polar surface area (TPSA) is 28.2 Å². The van der Waals surface area contributed by atoms with Gasteiger partial charge in [0.1, 0.15) is 0 Å². The van der Waals surface area contributed by atoms with E-state index in [0.29, 0.717) is 0 Å². The first-order valence-electron chi connectivity index (χ1n) is 6.74. The summed E-state index contributed by atoms with van der Waals surface area (Å²) in [6.45, 7) is 4.78. The highest BCUT2D eigenvalue weighted by atomic mass is 79.9. The number of hydrogen-bond donors (Lipinski definition) is 1. The van der Waals surface area contributed by atoms with Crippen LogP contribution >= 0.6 is 15.9 Å². The Hall–Kier alpha value is -1.39. The van der Waals surface area contributed by atoms with Crippen LogP contribution in [0, 0.1) is 6.92 Å². The highest BCUT2D eigenvalue weighted by Crippen LogP contribution is 2.20. The Labute approximate surface area is 129 Å². The predicted octanol–water partition coefficient (Wildman–Crippen LogP) is 3.70. The van der Waals surface area contributed by atoms with Crippen LogP contribution < -0.4 is 5.32 Å². The number of hydrogen-bond acceptors (Lipinski definition) is 3. The predicted molar refractivity (Wildman–Crippen MR) is 87.9 cm³/mol. The average Bonchev–Trinajstić information content (AvgIpc) is 2.41. The molecule has 0 spiro atoms. The van der Waals surface area contributed by atoms with Gasteiger partial charge in [-0.15, -0.1) is 0 Å². The van der Waals surface area contributed by atoms with E-state index in [1.54, 1.807) is 0 Å². The van der Waals surface area contributed by atoms with Crippen LogP contribution in [0.1, 0.15) is 11.4 Å². The summed E-state index contributed by atoms with van der Waals surface area (Å²) < 4.78 is 1.10. The standard InChI is InChI=1S/C16H20BrN3/c1-13-6-5-7-14(19-13)12-20(2)11-10-18-16-9-4-3-8-15(16)17/h3-9,18H,10-12H2,1-2H3. The van der Waals surface area contributed by atoms with Crippen LogP contribution in [0.5, 0.6) is 0 Å². The number of halogens is 1. The monoisotopic (exact) mass is 333 g/mol. The highest BCUT2D eigenvalue weighted by Gasteiger charge is 2.02. The Bertz CT molecular complexity index is 557. The molecule has 0 unspecified atom stereocenters. The maximum Gasteiger partial charge on any atom is 0.0547 e. The molecule has 0 atom stereocenters. The lowest BCUT2D eigenvalue weighted by atomic mass is 10.3. The lowest BCUT2D eigenvalue weighted by Gasteiger charge is -2.17. The number of pyridine rings is 1. The van der Waals surface area contributed by atoms with E-state index in [2.05, 4.69) is 56.4 Å². The van der Waals surface area contributed by atoms with E-state index in [1.165, 1.54) is 0 Å². The fourth-order valence-electron chi connectivity index (χ4n) is 2.03. The highest BCUT2D eigenvalue weighted by molar-refractivity contribution is 9.10. The van der Waals surface area contributed by atoms with Crippen LogP contribution in [0.3, 0.4) is 0 Å². The zero-order chi connectivity index (χ0) is 14.4.